The van der Waals surface area contributed by atoms with E-state index in [0.717, 1.165) is 12.4 Å². The Morgan fingerprint density at radius 2 is 2.24 bits per heavy atom. The van der Waals surface area contributed by atoms with Crippen LogP contribution in [-0.4, -0.2) is 24.9 Å². The van der Waals surface area contributed by atoms with Gasteiger partial charge in [0.2, 0.25) is 6.39 Å². The summed E-state index contributed by atoms with van der Waals surface area (Å²) in [5.41, 5.74) is 0. The minimum absolute atomic E-state index is 0.549. The van der Waals surface area contributed by atoms with E-state index in [1.165, 1.54) is 6.39 Å². The molecule has 0 amide bonds. The Morgan fingerprint density at radius 3 is 2.94 bits per heavy atom. The highest BCUT2D eigenvalue weighted by atomic mass is 16.5. The van der Waals surface area contributed by atoms with Crippen LogP contribution in [-0.2, 0) is 19.6 Å². The summed E-state index contributed by atoms with van der Waals surface area (Å²) in [7, 11) is 0. The molecule has 1 N–H and O–H groups in total. The van der Waals surface area contributed by atoms with Crippen LogP contribution in [0.3, 0.4) is 0 Å². The van der Waals surface area contributed by atoms with Crippen LogP contribution in [0, 0.1) is 5.92 Å². The Morgan fingerprint density at radius 1 is 1.35 bits per heavy atom. The Bertz CT molecular complexity index is 435. The van der Waals surface area contributed by atoms with Gasteiger partial charge in [0.05, 0.1) is 13.1 Å². The lowest BCUT2D eigenvalue weighted by Crippen LogP contribution is -2.19. The maximum absolute atomic E-state index is 4.64. The molecule has 2 aromatic rings. The first kappa shape index (κ1) is 11.7. The zero-order valence-electron chi connectivity index (χ0n) is 10.00. The van der Waals surface area contributed by atoms with E-state index in [2.05, 4.69) is 43.9 Å². The van der Waals surface area contributed by atoms with Crippen molar-refractivity contribution in [3.63, 3.8) is 0 Å². The van der Waals surface area contributed by atoms with Crippen molar-refractivity contribution in [1.82, 2.24) is 30.2 Å². The van der Waals surface area contributed by atoms with Gasteiger partial charge in [-0.25, -0.2) is 9.67 Å². The Kier molecular flexibility index (Phi) is 3.81. The predicted octanol–water partition coefficient (Wildman–Crippen LogP) is 0.607. The van der Waals surface area contributed by atoms with E-state index in [1.54, 1.807) is 6.33 Å². The summed E-state index contributed by atoms with van der Waals surface area (Å²) in [4.78, 5) is 8.14. The van der Waals surface area contributed by atoms with E-state index < -0.39 is 0 Å². The average Bonchev–Trinajstić information content (AvgIpc) is 2.90. The highest BCUT2D eigenvalue weighted by Crippen LogP contribution is 2.01. The van der Waals surface area contributed by atoms with E-state index in [4.69, 9.17) is 0 Å². The van der Waals surface area contributed by atoms with Gasteiger partial charge in [-0.3, -0.25) is 0 Å². The number of nitrogens with one attached hydrogen (secondary N) is 1. The zero-order chi connectivity index (χ0) is 12.1. The summed E-state index contributed by atoms with van der Waals surface area (Å²) >= 11 is 0. The van der Waals surface area contributed by atoms with Gasteiger partial charge in [0.15, 0.2) is 5.82 Å². The van der Waals surface area contributed by atoms with Crippen LogP contribution >= 0.6 is 0 Å². The fourth-order valence-corrected chi connectivity index (χ4v) is 1.48. The quantitative estimate of drug-likeness (QED) is 0.791. The molecule has 0 saturated carbocycles. The average molecular weight is 236 g/mol. The molecule has 0 unspecified atom stereocenters. The number of hydrogen-bond acceptors (Lipinski definition) is 6. The zero-order valence-corrected chi connectivity index (χ0v) is 10.00. The minimum Gasteiger partial charge on any atom is -0.343 e. The second kappa shape index (κ2) is 5.53. The standard InChI is InChI=1S/C10H16N6O/c1-8(2)5-16-10(12-6-14-16)4-11-3-9-13-7-17-15-9/h6-8,11H,3-5H2,1-2H3. The molecule has 0 saturated heterocycles. The normalized spacial score (nSPS) is 11.2. The van der Waals surface area contributed by atoms with Crippen LogP contribution in [0.1, 0.15) is 25.5 Å². The minimum atomic E-state index is 0.549. The smallest absolute Gasteiger partial charge is 0.213 e. The number of aromatic nitrogens is 5. The second-order valence-electron chi connectivity index (χ2n) is 4.20. The van der Waals surface area contributed by atoms with Gasteiger partial charge in [-0.15, -0.1) is 0 Å². The highest BCUT2D eigenvalue weighted by Gasteiger charge is 2.06. The van der Waals surface area contributed by atoms with Gasteiger partial charge in [0, 0.05) is 6.54 Å². The molecule has 0 spiro atoms. The molecule has 2 rings (SSSR count). The molecule has 17 heavy (non-hydrogen) atoms. The fourth-order valence-electron chi connectivity index (χ4n) is 1.48. The first-order valence-corrected chi connectivity index (χ1v) is 5.58. The predicted molar refractivity (Wildman–Crippen MR) is 59.7 cm³/mol. The van der Waals surface area contributed by atoms with Crippen LogP contribution in [0.5, 0.6) is 0 Å². The van der Waals surface area contributed by atoms with E-state index in [0.29, 0.717) is 24.8 Å². The third-order valence-corrected chi connectivity index (χ3v) is 2.21. The van der Waals surface area contributed by atoms with Crippen LogP contribution in [0.25, 0.3) is 0 Å². The third kappa shape index (κ3) is 3.35. The summed E-state index contributed by atoms with van der Waals surface area (Å²) in [6.07, 6.45) is 2.89. The lowest BCUT2D eigenvalue weighted by atomic mass is 10.2. The molecule has 0 radical (unpaired) electrons. The van der Waals surface area contributed by atoms with E-state index in [9.17, 15) is 0 Å². The number of hydrogen-bond donors (Lipinski definition) is 1. The van der Waals surface area contributed by atoms with Gasteiger partial charge in [-0.1, -0.05) is 19.0 Å². The molecule has 0 atom stereocenters. The third-order valence-electron chi connectivity index (χ3n) is 2.21. The van der Waals surface area contributed by atoms with Crippen LogP contribution in [0.4, 0.5) is 0 Å². The number of nitrogens with zero attached hydrogens (tertiary/aromatic N) is 5. The van der Waals surface area contributed by atoms with Crippen molar-refractivity contribution < 1.29 is 4.52 Å². The van der Waals surface area contributed by atoms with Gasteiger partial charge in [0.1, 0.15) is 12.2 Å². The molecule has 7 heteroatoms. The van der Waals surface area contributed by atoms with Crippen molar-refractivity contribution in [3.8, 4) is 0 Å². The fraction of sp³-hybridized carbons (Fsp3) is 0.600. The first-order valence-electron chi connectivity index (χ1n) is 5.58. The highest BCUT2D eigenvalue weighted by molar-refractivity contribution is 4.85. The first-order chi connectivity index (χ1) is 8.25. The van der Waals surface area contributed by atoms with Gasteiger partial charge in [-0.2, -0.15) is 10.1 Å². The summed E-state index contributed by atoms with van der Waals surface area (Å²) in [6, 6.07) is 0. The SMILES string of the molecule is CC(C)Cn1ncnc1CNCc1ncon1. The molecule has 92 valence electrons. The topological polar surface area (TPSA) is 81.7 Å². The van der Waals surface area contributed by atoms with Gasteiger partial charge < -0.3 is 9.84 Å². The monoisotopic (exact) mass is 236 g/mol. The van der Waals surface area contributed by atoms with Crippen LogP contribution in [0.15, 0.2) is 17.2 Å². The molecule has 2 heterocycles. The molecule has 0 aliphatic rings. The molecule has 0 aliphatic heterocycles. The van der Waals surface area contributed by atoms with E-state index in [1.807, 2.05) is 4.68 Å². The number of rotatable bonds is 6. The maximum atomic E-state index is 4.64. The molecular formula is C10H16N6O. The molecule has 2 aromatic heterocycles. The van der Waals surface area contributed by atoms with Crippen molar-refractivity contribution in [2.24, 2.45) is 5.92 Å². The van der Waals surface area contributed by atoms with Gasteiger partial charge in [-0.05, 0) is 5.92 Å². The van der Waals surface area contributed by atoms with Crippen LogP contribution < -0.4 is 5.32 Å². The Balaban J connectivity index is 1.84. The molecular weight excluding hydrogens is 220 g/mol. The summed E-state index contributed by atoms with van der Waals surface area (Å²) in [5, 5.41) is 11.1. The molecule has 0 aromatic carbocycles. The Labute approximate surface area is 99.2 Å². The summed E-state index contributed by atoms with van der Waals surface area (Å²) < 4.78 is 6.55. The summed E-state index contributed by atoms with van der Waals surface area (Å²) in [6.45, 7) is 6.38. The molecule has 0 fully saturated rings. The van der Waals surface area contributed by atoms with Gasteiger partial charge in [0.25, 0.3) is 0 Å². The van der Waals surface area contributed by atoms with E-state index in [-0.39, 0.29) is 0 Å². The summed E-state index contributed by atoms with van der Waals surface area (Å²) in [5.74, 6) is 2.11. The van der Waals surface area contributed by atoms with E-state index >= 15 is 0 Å². The largest absolute Gasteiger partial charge is 0.343 e. The van der Waals surface area contributed by atoms with Crippen molar-refractivity contribution in [1.29, 1.82) is 0 Å². The molecule has 7 nitrogen and oxygen atoms in total. The lowest BCUT2D eigenvalue weighted by Gasteiger charge is -2.08. The lowest BCUT2D eigenvalue weighted by molar-refractivity contribution is 0.406. The molecule has 0 bridgehead atoms. The van der Waals surface area contributed by atoms with Crippen molar-refractivity contribution in [2.75, 3.05) is 0 Å². The maximum Gasteiger partial charge on any atom is 0.213 e. The van der Waals surface area contributed by atoms with Crippen molar-refractivity contribution >= 4 is 0 Å². The van der Waals surface area contributed by atoms with Crippen molar-refractivity contribution in [2.45, 2.75) is 33.5 Å². The Hall–Kier alpha value is -1.76. The molecule has 0 aliphatic carbocycles. The van der Waals surface area contributed by atoms with Crippen molar-refractivity contribution in [3.05, 3.63) is 24.4 Å². The van der Waals surface area contributed by atoms with Gasteiger partial charge >= 0.3 is 0 Å². The van der Waals surface area contributed by atoms with Crippen LogP contribution in [0.2, 0.25) is 0 Å². The second-order valence-corrected chi connectivity index (χ2v) is 4.20.